The number of nitrogens with zero attached hydrogens (tertiary/aromatic N) is 5. The Bertz CT molecular complexity index is 843. The number of aliphatic imine (C=N–C) groups is 1. The van der Waals surface area contributed by atoms with Gasteiger partial charge in [-0.1, -0.05) is 6.92 Å². The molecule has 7 nitrogen and oxygen atoms in total. The minimum absolute atomic E-state index is 0. The molecular weight excluding hydrogens is 540 g/mol. The van der Waals surface area contributed by atoms with Gasteiger partial charge in [-0.2, -0.15) is 0 Å². The molecule has 2 heterocycles. The van der Waals surface area contributed by atoms with Crippen LogP contribution in [0.15, 0.2) is 34.2 Å². The Hall–Kier alpha value is -1.40. The Morgan fingerprint density at radius 3 is 2.72 bits per heavy atom. The Morgan fingerprint density at radius 1 is 1.25 bits per heavy atom. The Balaban J connectivity index is 0.00000363. The van der Waals surface area contributed by atoms with Gasteiger partial charge >= 0.3 is 0 Å². The van der Waals surface area contributed by atoms with E-state index in [1.54, 1.807) is 11.8 Å². The van der Waals surface area contributed by atoms with Crippen molar-refractivity contribution in [2.45, 2.75) is 50.6 Å². The number of likely N-dealkylation sites (N-methyl/N-ethyl adjacent to an activating group) is 1. The summed E-state index contributed by atoms with van der Waals surface area (Å²) in [5, 5.41) is 15.3. The highest BCUT2D eigenvalue weighted by molar-refractivity contribution is 14.0. The number of likely N-dealkylation sites (tertiary alicyclic amines) is 1. The third kappa shape index (κ3) is 8.18. The Labute approximate surface area is 212 Å². The van der Waals surface area contributed by atoms with E-state index >= 15 is 0 Å². The van der Waals surface area contributed by atoms with E-state index in [1.165, 1.54) is 31.5 Å². The van der Waals surface area contributed by atoms with E-state index in [2.05, 4.69) is 32.7 Å². The van der Waals surface area contributed by atoms with Crippen molar-refractivity contribution in [1.82, 2.24) is 30.3 Å². The summed E-state index contributed by atoms with van der Waals surface area (Å²) in [7, 11) is 1.96. The summed E-state index contributed by atoms with van der Waals surface area (Å²) in [6, 6.07) is 7.22. The molecule has 1 saturated heterocycles. The lowest BCUT2D eigenvalue weighted by Gasteiger charge is -2.24. The highest BCUT2D eigenvalue weighted by Gasteiger charge is 2.22. The number of aryl methyl sites for hydroxylation is 1. The molecule has 3 rings (SSSR count). The first kappa shape index (κ1) is 26.8. The summed E-state index contributed by atoms with van der Waals surface area (Å²) in [5.74, 6) is 3.31. The number of nitrogens with one attached hydrogen (secondary N) is 2. The number of hydrogen-bond acceptors (Lipinski definition) is 5. The van der Waals surface area contributed by atoms with Gasteiger partial charge in [-0.05, 0) is 69.3 Å². The summed E-state index contributed by atoms with van der Waals surface area (Å²) >= 11 is 1.74. The van der Waals surface area contributed by atoms with Crippen molar-refractivity contribution >= 4 is 41.7 Å². The summed E-state index contributed by atoms with van der Waals surface area (Å²) in [5.41, 5.74) is 0. The van der Waals surface area contributed by atoms with E-state index in [1.807, 2.05) is 30.7 Å². The quantitative estimate of drug-likeness (QED) is 0.149. The van der Waals surface area contributed by atoms with Gasteiger partial charge in [0.25, 0.3) is 0 Å². The zero-order chi connectivity index (χ0) is 22.1. The third-order valence-electron chi connectivity index (χ3n) is 5.67. The van der Waals surface area contributed by atoms with Crippen LogP contribution in [0.2, 0.25) is 0 Å². The number of rotatable bonds is 10. The molecule has 0 spiro atoms. The molecule has 10 heteroatoms. The summed E-state index contributed by atoms with van der Waals surface area (Å²) in [4.78, 5) is 8.36. The zero-order valence-electron chi connectivity index (χ0n) is 19.2. The lowest BCUT2D eigenvalue weighted by Crippen LogP contribution is -2.45. The molecule has 0 bridgehead atoms. The molecule has 2 N–H and O–H groups in total. The lowest BCUT2D eigenvalue weighted by molar-refractivity contribution is 0.267. The average molecular weight is 576 g/mol. The van der Waals surface area contributed by atoms with Crippen molar-refractivity contribution in [3.05, 3.63) is 41.7 Å². The number of thioether (sulfide) groups is 1. The van der Waals surface area contributed by atoms with Gasteiger partial charge in [-0.25, -0.2) is 9.38 Å². The highest BCUT2D eigenvalue weighted by atomic mass is 127. The van der Waals surface area contributed by atoms with Crippen LogP contribution in [0.5, 0.6) is 0 Å². The second kappa shape index (κ2) is 14.0. The fraction of sp³-hybridized carbons (Fsp3) is 0.591. The van der Waals surface area contributed by atoms with E-state index in [4.69, 9.17) is 4.99 Å². The van der Waals surface area contributed by atoms with E-state index in [9.17, 15) is 4.39 Å². The highest BCUT2D eigenvalue weighted by Crippen LogP contribution is 2.18. The summed E-state index contributed by atoms with van der Waals surface area (Å²) in [6.45, 7) is 8.63. The predicted molar refractivity (Wildman–Crippen MR) is 140 cm³/mol. The largest absolute Gasteiger partial charge is 0.356 e. The lowest BCUT2D eigenvalue weighted by atomic mass is 10.2. The predicted octanol–water partition coefficient (Wildman–Crippen LogP) is 3.58. The number of halogens is 2. The van der Waals surface area contributed by atoms with Gasteiger partial charge in [-0.3, -0.25) is 4.90 Å². The molecule has 1 aliphatic rings. The minimum Gasteiger partial charge on any atom is -0.356 e. The maximum atomic E-state index is 13.0. The molecule has 32 heavy (non-hydrogen) atoms. The van der Waals surface area contributed by atoms with Crippen molar-refractivity contribution in [3.8, 4) is 0 Å². The van der Waals surface area contributed by atoms with Crippen LogP contribution in [0.4, 0.5) is 4.39 Å². The number of guanidine groups is 1. The first-order valence-electron chi connectivity index (χ1n) is 11.1. The van der Waals surface area contributed by atoms with Crippen molar-refractivity contribution in [1.29, 1.82) is 0 Å². The van der Waals surface area contributed by atoms with Gasteiger partial charge < -0.3 is 15.2 Å². The smallest absolute Gasteiger partial charge is 0.191 e. The molecule has 0 saturated carbocycles. The maximum Gasteiger partial charge on any atom is 0.191 e. The Kier molecular flexibility index (Phi) is 11.7. The molecule has 0 amide bonds. The molecule has 1 atom stereocenters. The zero-order valence-corrected chi connectivity index (χ0v) is 22.3. The SMILES string of the molecule is CCN1CCCC1CNC(=NCc1nnc(C)n1C)NCCCSc1ccc(F)cc1.I. The van der Waals surface area contributed by atoms with Gasteiger partial charge in [0.2, 0.25) is 0 Å². The van der Waals surface area contributed by atoms with Gasteiger partial charge in [0, 0.05) is 31.1 Å². The molecule has 1 aromatic heterocycles. The van der Waals surface area contributed by atoms with Crippen LogP contribution in [0.3, 0.4) is 0 Å². The molecule has 178 valence electrons. The van der Waals surface area contributed by atoms with Crippen molar-refractivity contribution in [2.24, 2.45) is 12.0 Å². The van der Waals surface area contributed by atoms with Crippen LogP contribution in [-0.4, -0.2) is 63.6 Å². The standard InChI is InChI=1S/C22H34FN7S.HI/c1-4-30-13-5-7-19(30)15-25-22(26-16-21-28-27-17(2)29(21)3)24-12-6-14-31-20-10-8-18(23)9-11-20;/h8-11,19H,4-7,12-16H2,1-3H3,(H2,24,25,26);1H. The summed E-state index contributed by atoms with van der Waals surface area (Å²) in [6.07, 6.45) is 3.47. The van der Waals surface area contributed by atoms with Crippen LogP contribution >= 0.6 is 35.7 Å². The third-order valence-corrected chi connectivity index (χ3v) is 6.77. The fourth-order valence-electron chi connectivity index (χ4n) is 3.67. The molecule has 0 aliphatic carbocycles. The second-order valence-corrected chi connectivity index (χ2v) is 8.94. The van der Waals surface area contributed by atoms with Crippen LogP contribution in [0, 0.1) is 12.7 Å². The molecule has 2 aromatic rings. The first-order chi connectivity index (χ1) is 15.1. The van der Waals surface area contributed by atoms with Crippen molar-refractivity contribution < 1.29 is 4.39 Å². The fourth-order valence-corrected chi connectivity index (χ4v) is 4.52. The topological polar surface area (TPSA) is 70.4 Å². The molecule has 0 radical (unpaired) electrons. The average Bonchev–Trinajstić information content (AvgIpc) is 3.37. The Morgan fingerprint density at radius 2 is 2.03 bits per heavy atom. The van der Waals surface area contributed by atoms with Crippen LogP contribution in [0.1, 0.15) is 37.8 Å². The molecule has 1 aromatic carbocycles. The monoisotopic (exact) mass is 575 g/mol. The van der Waals surface area contributed by atoms with Crippen LogP contribution in [-0.2, 0) is 13.6 Å². The second-order valence-electron chi connectivity index (χ2n) is 7.78. The van der Waals surface area contributed by atoms with E-state index in [0.29, 0.717) is 12.6 Å². The molecule has 1 unspecified atom stereocenters. The van der Waals surface area contributed by atoms with Gasteiger partial charge in [0.15, 0.2) is 11.8 Å². The van der Waals surface area contributed by atoms with Crippen molar-refractivity contribution in [2.75, 3.05) is 31.9 Å². The van der Waals surface area contributed by atoms with Gasteiger partial charge in [0.1, 0.15) is 18.2 Å². The van der Waals surface area contributed by atoms with E-state index < -0.39 is 0 Å². The molecule has 1 fully saturated rings. The number of aromatic nitrogens is 3. The number of benzene rings is 1. The van der Waals surface area contributed by atoms with Gasteiger partial charge in [0.05, 0.1) is 0 Å². The van der Waals surface area contributed by atoms with Gasteiger partial charge in [-0.15, -0.1) is 45.9 Å². The maximum absolute atomic E-state index is 13.0. The van der Waals surface area contributed by atoms with E-state index in [0.717, 1.165) is 54.3 Å². The number of hydrogen-bond donors (Lipinski definition) is 2. The van der Waals surface area contributed by atoms with Crippen LogP contribution < -0.4 is 10.6 Å². The van der Waals surface area contributed by atoms with E-state index in [-0.39, 0.29) is 29.8 Å². The van der Waals surface area contributed by atoms with Crippen LogP contribution in [0.25, 0.3) is 0 Å². The van der Waals surface area contributed by atoms with Crippen molar-refractivity contribution in [3.63, 3.8) is 0 Å². The first-order valence-corrected chi connectivity index (χ1v) is 12.0. The summed E-state index contributed by atoms with van der Waals surface area (Å²) < 4.78 is 15.0. The minimum atomic E-state index is -0.194. The molecule has 1 aliphatic heterocycles. The normalized spacial score (nSPS) is 16.8. The molecular formula is C22H35FIN7S.